The molecule has 0 amide bonds. The van der Waals surface area contributed by atoms with E-state index >= 15 is 0 Å². The fourth-order valence-electron chi connectivity index (χ4n) is 2.53. The smallest absolute Gasteiger partial charge is 0.258 e. The Morgan fingerprint density at radius 3 is 2.95 bits per heavy atom. The minimum atomic E-state index is 0. The van der Waals surface area contributed by atoms with Crippen LogP contribution >= 0.6 is 24.2 Å². The normalized spacial score (nSPS) is 19.0. The lowest BCUT2D eigenvalue weighted by Gasteiger charge is -2.30. The molecule has 1 saturated heterocycles. The maximum atomic E-state index is 5.51. The summed E-state index contributed by atoms with van der Waals surface area (Å²) < 4.78 is 5.51. The predicted octanol–water partition coefficient (Wildman–Crippen LogP) is 2.76. The van der Waals surface area contributed by atoms with Gasteiger partial charge in [0.05, 0.1) is 6.04 Å². The summed E-state index contributed by atoms with van der Waals surface area (Å²) >= 11 is 1.71. The molecule has 1 N–H and O–H groups in total. The van der Waals surface area contributed by atoms with Gasteiger partial charge in [0.1, 0.15) is 0 Å². The van der Waals surface area contributed by atoms with Crippen molar-refractivity contribution in [3.63, 3.8) is 0 Å². The highest BCUT2D eigenvalue weighted by Gasteiger charge is 2.25. The van der Waals surface area contributed by atoms with E-state index in [2.05, 4.69) is 58.8 Å². The van der Waals surface area contributed by atoms with E-state index in [9.17, 15) is 0 Å². The zero-order chi connectivity index (χ0) is 14.8. The monoisotopic (exact) mass is 340 g/mol. The summed E-state index contributed by atoms with van der Waals surface area (Å²) in [5, 5.41) is 7.56. The third kappa shape index (κ3) is 3.46. The molecule has 0 saturated carbocycles. The van der Waals surface area contributed by atoms with Crippen LogP contribution in [0.1, 0.15) is 17.4 Å². The van der Waals surface area contributed by atoms with Crippen molar-refractivity contribution in [1.82, 2.24) is 20.4 Å². The highest BCUT2D eigenvalue weighted by atomic mass is 35.5. The van der Waals surface area contributed by atoms with Gasteiger partial charge in [-0.25, -0.2) is 0 Å². The van der Waals surface area contributed by atoms with Gasteiger partial charge >= 0.3 is 0 Å². The van der Waals surface area contributed by atoms with Crippen LogP contribution in [0.3, 0.4) is 0 Å². The van der Waals surface area contributed by atoms with Gasteiger partial charge in [0.2, 0.25) is 0 Å². The Balaban J connectivity index is 0.00000176. The fourth-order valence-corrected chi connectivity index (χ4v) is 2.97. The van der Waals surface area contributed by atoms with Crippen LogP contribution in [0.2, 0.25) is 0 Å². The number of aryl methyl sites for hydroxylation is 1. The molecule has 120 valence electrons. The predicted molar refractivity (Wildman–Crippen MR) is 91.7 cm³/mol. The Morgan fingerprint density at radius 1 is 1.41 bits per heavy atom. The van der Waals surface area contributed by atoms with Crippen LogP contribution in [0.4, 0.5) is 0 Å². The standard InChI is InChI=1S/C15H20N4OS.ClH/c1-10-4-5-11(21-3)8-12(10)15-17-14(18-20-15)13-9-16-6-7-19(13)2;/h4-5,8,13,16H,6-7,9H2,1-3H3;1H. The minimum absolute atomic E-state index is 0. The molecule has 7 heteroatoms. The molecule has 2 aromatic rings. The van der Waals surface area contributed by atoms with Crippen LogP contribution in [-0.2, 0) is 0 Å². The van der Waals surface area contributed by atoms with Crippen LogP contribution in [0.15, 0.2) is 27.6 Å². The molecule has 1 unspecified atom stereocenters. The summed E-state index contributed by atoms with van der Waals surface area (Å²) in [6.07, 6.45) is 2.07. The van der Waals surface area contributed by atoms with E-state index < -0.39 is 0 Å². The second kappa shape index (κ2) is 7.46. The van der Waals surface area contributed by atoms with Gasteiger partial charge < -0.3 is 9.84 Å². The van der Waals surface area contributed by atoms with Crippen molar-refractivity contribution in [2.24, 2.45) is 0 Å². The van der Waals surface area contributed by atoms with Crippen LogP contribution < -0.4 is 5.32 Å². The Hall–Kier alpha value is -1.08. The minimum Gasteiger partial charge on any atom is -0.334 e. The topological polar surface area (TPSA) is 54.2 Å². The van der Waals surface area contributed by atoms with Crippen molar-refractivity contribution in [3.8, 4) is 11.5 Å². The maximum absolute atomic E-state index is 5.51. The number of likely N-dealkylation sites (N-methyl/N-ethyl adjacent to an activating group) is 1. The van der Waals surface area contributed by atoms with Gasteiger partial charge in [-0.3, -0.25) is 4.90 Å². The number of nitrogens with zero attached hydrogens (tertiary/aromatic N) is 3. The van der Waals surface area contributed by atoms with Gasteiger partial charge in [-0.2, -0.15) is 4.98 Å². The molecule has 22 heavy (non-hydrogen) atoms. The van der Waals surface area contributed by atoms with E-state index in [4.69, 9.17) is 4.52 Å². The number of piperazine rings is 1. The first-order chi connectivity index (χ1) is 10.2. The Bertz CT molecular complexity index is 634. The van der Waals surface area contributed by atoms with Crippen molar-refractivity contribution in [2.75, 3.05) is 32.9 Å². The van der Waals surface area contributed by atoms with Crippen LogP contribution in [0.5, 0.6) is 0 Å². The third-order valence-corrected chi connectivity index (χ3v) is 4.65. The van der Waals surface area contributed by atoms with Crippen molar-refractivity contribution in [1.29, 1.82) is 0 Å². The zero-order valence-corrected chi connectivity index (χ0v) is 14.6. The second-order valence-electron chi connectivity index (χ2n) is 5.34. The van der Waals surface area contributed by atoms with Crippen LogP contribution in [0, 0.1) is 6.92 Å². The van der Waals surface area contributed by atoms with Crippen LogP contribution in [-0.4, -0.2) is 48.0 Å². The lowest BCUT2D eigenvalue weighted by molar-refractivity contribution is 0.190. The van der Waals surface area contributed by atoms with Gasteiger partial charge in [-0.15, -0.1) is 24.2 Å². The quantitative estimate of drug-likeness (QED) is 0.867. The number of aromatic nitrogens is 2. The van der Waals surface area contributed by atoms with Gasteiger partial charge in [0, 0.05) is 30.1 Å². The van der Waals surface area contributed by atoms with E-state index in [0.29, 0.717) is 5.89 Å². The van der Waals surface area contributed by atoms with Crippen LogP contribution in [0.25, 0.3) is 11.5 Å². The zero-order valence-electron chi connectivity index (χ0n) is 13.0. The molecule has 0 radical (unpaired) electrons. The highest BCUT2D eigenvalue weighted by Crippen LogP contribution is 2.28. The molecule has 1 aliphatic rings. The van der Waals surface area contributed by atoms with Gasteiger partial charge in [0.25, 0.3) is 5.89 Å². The van der Waals surface area contributed by atoms with Crippen molar-refractivity contribution in [2.45, 2.75) is 17.9 Å². The lowest BCUT2D eigenvalue weighted by Crippen LogP contribution is -2.44. The molecule has 0 spiro atoms. The summed E-state index contributed by atoms with van der Waals surface area (Å²) in [4.78, 5) is 8.08. The highest BCUT2D eigenvalue weighted by molar-refractivity contribution is 7.98. The first-order valence-electron chi connectivity index (χ1n) is 7.08. The number of halogens is 1. The Kier molecular flexibility index (Phi) is 5.86. The molecule has 5 nitrogen and oxygen atoms in total. The van der Waals surface area contributed by atoms with E-state index in [1.54, 1.807) is 11.8 Å². The molecule has 1 aromatic carbocycles. The summed E-state index contributed by atoms with van der Waals surface area (Å²) in [6.45, 7) is 4.93. The van der Waals surface area contributed by atoms with Gasteiger partial charge in [0.15, 0.2) is 5.82 Å². The third-order valence-electron chi connectivity index (χ3n) is 3.93. The molecule has 3 rings (SSSR count). The molecular weight excluding hydrogens is 320 g/mol. The average molecular weight is 341 g/mol. The number of hydrogen-bond donors (Lipinski definition) is 1. The molecule has 0 aliphatic carbocycles. The molecule has 1 aromatic heterocycles. The van der Waals surface area contributed by atoms with E-state index in [1.807, 2.05) is 0 Å². The number of hydrogen-bond acceptors (Lipinski definition) is 6. The fraction of sp³-hybridized carbons (Fsp3) is 0.467. The lowest BCUT2D eigenvalue weighted by atomic mass is 10.1. The van der Waals surface area contributed by atoms with E-state index in [-0.39, 0.29) is 18.4 Å². The van der Waals surface area contributed by atoms with Crippen molar-refractivity contribution < 1.29 is 4.52 Å². The number of benzene rings is 1. The summed E-state index contributed by atoms with van der Waals surface area (Å²) in [7, 11) is 2.10. The first kappa shape index (κ1) is 17.3. The van der Waals surface area contributed by atoms with E-state index in [1.165, 1.54) is 4.90 Å². The average Bonchev–Trinajstić information content (AvgIpc) is 2.97. The molecule has 0 bridgehead atoms. The summed E-state index contributed by atoms with van der Waals surface area (Å²) in [5.41, 5.74) is 2.17. The largest absolute Gasteiger partial charge is 0.334 e. The van der Waals surface area contributed by atoms with Gasteiger partial charge in [-0.05, 0) is 37.9 Å². The van der Waals surface area contributed by atoms with Crippen molar-refractivity contribution in [3.05, 3.63) is 29.6 Å². The number of thioether (sulfide) groups is 1. The molecule has 2 heterocycles. The number of nitrogens with one attached hydrogen (secondary N) is 1. The second-order valence-corrected chi connectivity index (χ2v) is 6.22. The molecule has 1 atom stereocenters. The Labute approximate surface area is 141 Å². The van der Waals surface area contributed by atoms with E-state index in [0.717, 1.165) is 36.6 Å². The summed E-state index contributed by atoms with van der Waals surface area (Å²) in [6, 6.07) is 6.50. The van der Waals surface area contributed by atoms with Crippen molar-refractivity contribution >= 4 is 24.2 Å². The maximum Gasteiger partial charge on any atom is 0.258 e. The van der Waals surface area contributed by atoms with Gasteiger partial charge in [-0.1, -0.05) is 11.2 Å². The molecule has 1 aliphatic heterocycles. The molecule has 1 fully saturated rings. The SMILES string of the molecule is CSc1ccc(C)c(-c2nc(C3CNCCN3C)no2)c1.Cl. The first-order valence-corrected chi connectivity index (χ1v) is 8.31. The summed E-state index contributed by atoms with van der Waals surface area (Å²) in [5.74, 6) is 1.37. The molecular formula is C15H21ClN4OS. The Morgan fingerprint density at radius 2 is 2.23 bits per heavy atom. The number of rotatable bonds is 3.